The lowest BCUT2D eigenvalue weighted by molar-refractivity contribution is 0.283. The van der Waals surface area contributed by atoms with Crippen LogP contribution in [0, 0.1) is 5.92 Å². The number of hydrogen-bond acceptors (Lipinski definition) is 2. The molecule has 0 amide bonds. The molecule has 0 N–H and O–H groups in total. The first kappa shape index (κ1) is 15.6. The Bertz CT molecular complexity index is 565. The molecule has 3 nitrogen and oxygen atoms in total. The Kier molecular flexibility index (Phi) is 5.17. The molecule has 1 fully saturated rings. The highest BCUT2D eigenvalue weighted by Gasteiger charge is 2.30. The van der Waals surface area contributed by atoms with Crippen LogP contribution in [0.2, 0.25) is 5.02 Å². The van der Waals surface area contributed by atoms with E-state index >= 15 is 0 Å². The molecule has 2 rings (SSSR count). The number of nitrogens with zero attached hydrogens (tertiary/aromatic N) is 1. The van der Waals surface area contributed by atoms with Gasteiger partial charge in [-0.3, -0.25) is 0 Å². The monoisotopic (exact) mass is 385 g/mol. The minimum atomic E-state index is -3.46. The quantitative estimate of drug-likeness (QED) is 0.742. The predicted octanol–water partition coefficient (Wildman–Crippen LogP) is 3.74. The predicted molar refractivity (Wildman–Crippen MR) is 81.4 cm³/mol. The minimum absolute atomic E-state index is 0.237. The van der Waals surface area contributed by atoms with Crippen molar-refractivity contribution in [1.29, 1.82) is 0 Å². The smallest absolute Gasteiger partial charge is 0.207 e. The average Bonchev–Trinajstić information content (AvgIpc) is 2.41. The van der Waals surface area contributed by atoms with Gasteiger partial charge in [0, 0.05) is 23.4 Å². The number of piperidine rings is 1. The Balaban J connectivity index is 2.28. The van der Waals surface area contributed by atoms with Gasteiger partial charge < -0.3 is 0 Å². The fraction of sp³-hybridized carbons (Fsp3) is 0.500. The number of halogens is 3. The first-order valence-electron chi connectivity index (χ1n) is 5.96. The maximum Gasteiger partial charge on any atom is 0.243 e. The Hall–Kier alpha value is 0.190. The second kappa shape index (κ2) is 6.31. The molecule has 1 aromatic carbocycles. The summed E-state index contributed by atoms with van der Waals surface area (Å²) in [6.07, 6.45) is 1.84. The van der Waals surface area contributed by atoms with Crippen LogP contribution in [0.1, 0.15) is 12.8 Å². The fourth-order valence-corrected chi connectivity index (χ4v) is 4.64. The molecule has 1 aliphatic heterocycles. The molecular formula is C12H14BrCl2NO2S. The minimum Gasteiger partial charge on any atom is -0.207 e. The first-order valence-corrected chi connectivity index (χ1v) is 9.11. The molecule has 0 saturated carbocycles. The van der Waals surface area contributed by atoms with Gasteiger partial charge in [-0.1, -0.05) is 11.6 Å². The topological polar surface area (TPSA) is 37.4 Å². The van der Waals surface area contributed by atoms with Crippen LogP contribution in [0.5, 0.6) is 0 Å². The van der Waals surface area contributed by atoms with Crippen LogP contribution >= 0.6 is 39.1 Å². The van der Waals surface area contributed by atoms with Crippen LogP contribution in [0.25, 0.3) is 0 Å². The molecule has 1 aromatic rings. The molecule has 0 aliphatic carbocycles. The zero-order chi connectivity index (χ0) is 14.0. The number of rotatable bonds is 3. The lowest BCUT2D eigenvalue weighted by Gasteiger charge is -2.31. The Morgan fingerprint density at radius 1 is 1.42 bits per heavy atom. The van der Waals surface area contributed by atoms with Gasteiger partial charge in [0.1, 0.15) is 0 Å². The van der Waals surface area contributed by atoms with E-state index in [0.29, 0.717) is 28.5 Å². The molecular weight excluding hydrogens is 373 g/mol. The average molecular weight is 387 g/mol. The van der Waals surface area contributed by atoms with Crippen molar-refractivity contribution in [1.82, 2.24) is 4.31 Å². The lowest BCUT2D eigenvalue weighted by Crippen LogP contribution is -2.40. The second-order valence-electron chi connectivity index (χ2n) is 4.60. The van der Waals surface area contributed by atoms with E-state index in [4.69, 9.17) is 23.2 Å². The van der Waals surface area contributed by atoms with E-state index in [9.17, 15) is 8.42 Å². The van der Waals surface area contributed by atoms with Crippen molar-refractivity contribution in [2.24, 2.45) is 5.92 Å². The van der Waals surface area contributed by atoms with Crippen molar-refractivity contribution in [3.8, 4) is 0 Å². The van der Waals surface area contributed by atoms with E-state index in [0.717, 1.165) is 12.8 Å². The van der Waals surface area contributed by atoms with Gasteiger partial charge in [0.2, 0.25) is 10.0 Å². The van der Waals surface area contributed by atoms with Crippen LogP contribution in [-0.4, -0.2) is 31.7 Å². The van der Waals surface area contributed by atoms with Gasteiger partial charge in [0.15, 0.2) is 0 Å². The van der Waals surface area contributed by atoms with Crippen molar-refractivity contribution in [2.75, 3.05) is 19.0 Å². The third-order valence-corrected chi connectivity index (χ3v) is 6.74. The summed E-state index contributed by atoms with van der Waals surface area (Å²) in [4.78, 5) is 0.263. The molecule has 0 radical (unpaired) electrons. The Morgan fingerprint density at radius 3 is 2.79 bits per heavy atom. The molecule has 19 heavy (non-hydrogen) atoms. The van der Waals surface area contributed by atoms with Crippen molar-refractivity contribution in [3.05, 3.63) is 27.7 Å². The molecule has 0 bridgehead atoms. The van der Waals surface area contributed by atoms with Gasteiger partial charge in [-0.25, -0.2) is 8.42 Å². The summed E-state index contributed by atoms with van der Waals surface area (Å²) in [5.41, 5.74) is 0. The summed E-state index contributed by atoms with van der Waals surface area (Å²) in [5.74, 6) is 0.733. The van der Waals surface area contributed by atoms with E-state index in [-0.39, 0.29) is 10.8 Å². The van der Waals surface area contributed by atoms with Crippen molar-refractivity contribution in [3.63, 3.8) is 0 Å². The molecule has 1 saturated heterocycles. The van der Waals surface area contributed by atoms with Gasteiger partial charge in [0.05, 0.1) is 9.92 Å². The lowest BCUT2D eigenvalue weighted by atomic mass is 10.0. The summed E-state index contributed by atoms with van der Waals surface area (Å²) in [7, 11) is -3.46. The molecule has 0 spiro atoms. The molecule has 1 heterocycles. The van der Waals surface area contributed by atoms with E-state index in [1.165, 1.54) is 10.4 Å². The van der Waals surface area contributed by atoms with E-state index in [1.807, 2.05) is 0 Å². The van der Waals surface area contributed by atoms with E-state index in [1.54, 1.807) is 12.1 Å². The largest absolute Gasteiger partial charge is 0.243 e. The van der Waals surface area contributed by atoms with Gasteiger partial charge in [-0.2, -0.15) is 4.31 Å². The summed E-state index contributed by atoms with van der Waals surface area (Å²) in [5, 5.41) is 0.497. The van der Waals surface area contributed by atoms with Crippen LogP contribution in [-0.2, 0) is 10.0 Å². The summed E-state index contributed by atoms with van der Waals surface area (Å²) >= 11 is 15.0. The standard InChI is InChI=1S/C12H14BrCl2NO2S/c13-11-6-10(3-4-12(11)15)19(17,18)16-5-1-2-9(7-14)8-16/h3-4,6,9H,1-2,5,7-8H2. The zero-order valence-electron chi connectivity index (χ0n) is 10.2. The summed E-state index contributed by atoms with van der Waals surface area (Å²) < 4.78 is 27.2. The molecule has 1 atom stereocenters. The number of hydrogen-bond donors (Lipinski definition) is 0. The number of sulfonamides is 1. The van der Waals surface area contributed by atoms with E-state index < -0.39 is 10.0 Å². The molecule has 1 aliphatic rings. The van der Waals surface area contributed by atoms with E-state index in [2.05, 4.69) is 15.9 Å². The van der Waals surface area contributed by atoms with Crippen molar-refractivity contribution in [2.45, 2.75) is 17.7 Å². The fourth-order valence-electron chi connectivity index (χ4n) is 2.16. The number of benzene rings is 1. The summed E-state index contributed by atoms with van der Waals surface area (Å²) in [6.45, 7) is 1.04. The highest BCUT2D eigenvalue weighted by Crippen LogP contribution is 2.29. The third-order valence-electron chi connectivity index (χ3n) is 3.23. The van der Waals surface area contributed by atoms with Gasteiger partial charge in [-0.05, 0) is 52.9 Å². The van der Waals surface area contributed by atoms with Crippen molar-refractivity contribution < 1.29 is 8.42 Å². The zero-order valence-corrected chi connectivity index (χ0v) is 14.1. The molecule has 7 heteroatoms. The van der Waals surface area contributed by atoms with Gasteiger partial charge in [-0.15, -0.1) is 11.6 Å². The normalized spacial score (nSPS) is 21.5. The maximum absolute atomic E-state index is 12.5. The Morgan fingerprint density at radius 2 is 2.16 bits per heavy atom. The van der Waals surface area contributed by atoms with Crippen molar-refractivity contribution >= 4 is 49.2 Å². The molecule has 106 valence electrons. The number of alkyl halides is 1. The third kappa shape index (κ3) is 3.45. The molecule has 1 unspecified atom stereocenters. The van der Waals surface area contributed by atoms with Crippen LogP contribution in [0.15, 0.2) is 27.6 Å². The first-order chi connectivity index (χ1) is 8.95. The van der Waals surface area contributed by atoms with Crippen LogP contribution in [0.4, 0.5) is 0 Å². The Labute approximate surface area is 132 Å². The SMILES string of the molecule is O=S(=O)(c1ccc(Cl)c(Br)c1)N1CCCC(CCl)C1. The van der Waals surface area contributed by atoms with Gasteiger partial charge in [0.25, 0.3) is 0 Å². The van der Waals surface area contributed by atoms with Crippen LogP contribution < -0.4 is 0 Å². The van der Waals surface area contributed by atoms with Crippen LogP contribution in [0.3, 0.4) is 0 Å². The highest BCUT2D eigenvalue weighted by molar-refractivity contribution is 9.10. The molecule has 0 aromatic heterocycles. The second-order valence-corrected chi connectivity index (χ2v) is 8.11. The van der Waals surface area contributed by atoms with Gasteiger partial charge >= 0.3 is 0 Å². The summed E-state index contributed by atoms with van der Waals surface area (Å²) in [6, 6.07) is 4.66. The highest BCUT2D eigenvalue weighted by atomic mass is 79.9. The maximum atomic E-state index is 12.5.